The number of carbonyl (C=O) groups excluding carboxylic acids is 3. The fourth-order valence-corrected chi connectivity index (χ4v) is 10.1. The summed E-state index contributed by atoms with van der Waals surface area (Å²) in [5, 5.41) is 0. The van der Waals surface area contributed by atoms with Crippen LogP contribution in [-0.2, 0) is 28.6 Å². The fourth-order valence-electron chi connectivity index (χ4n) is 10.1. The molecular weight excluding hydrogens is 877 g/mol. The first kappa shape index (κ1) is 69.4. The lowest BCUT2D eigenvalue weighted by Crippen LogP contribution is -2.30. The third-order valence-corrected chi connectivity index (χ3v) is 15.3. The number of hydrogen-bond donors (Lipinski definition) is 0. The Morgan fingerprint density at radius 1 is 0.296 bits per heavy atom. The summed E-state index contributed by atoms with van der Waals surface area (Å²) in [6, 6.07) is 0. The van der Waals surface area contributed by atoms with Gasteiger partial charge in [0.25, 0.3) is 0 Å². The van der Waals surface area contributed by atoms with Crippen molar-refractivity contribution in [3.63, 3.8) is 0 Å². The van der Waals surface area contributed by atoms with Gasteiger partial charge in [0.15, 0.2) is 6.10 Å². The number of rotatable bonds is 59. The highest BCUT2D eigenvalue weighted by Crippen LogP contribution is 2.19. The van der Waals surface area contributed by atoms with Crippen molar-refractivity contribution >= 4 is 17.9 Å². The Labute approximate surface area is 444 Å². The summed E-state index contributed by atoms with van der Waals surface area (Å²) in [5.74, 6) is 0.935. The summed E-state index contributed by atoms with van der Waals surface area (Å²) in [6.07, 6.45) is 63.9. The molecule has 0 spiro atoms. The molecule has 6 heteroatoms. The highest BCUT2D eigenvalue weighted by molar-refractivity contribution is 5.71. The second-order valence-corrected chi connectivity index (χ2v) is 23.1. The summed E-state index contributed by atoms with van der Waals surface area (Å²) in [4.78, 5) is 38.2. The summed E-state index contributed by atoms with van der Waals surface area (Å²) in [5.41, 5.74) is 0. The molecule has 1 unspecified atom stereocenters. The molecular formula is C65H126O6. The van der Waals surface area contributed by atoms with E-state index in [9.17, 15) is 14.4 Å². The Balaban J connectivity index is 4.17. The third-order valence-electron chi connectivity index (χ3n) is 15.3. The minimum Gasteiger partial charge on any atom is -0.462 e. The molecule has 0 bridgehead atoms. The molecule has 0 amide bonds. The van der Waals surface area contributed by atoms with Crippen molar-refractivity contribution in [1.29, 1.82) is 0 Å². The van der Waals surface area contributed by atoms with Crippen LogP contribution < -0.4 is 0 Å². The van der Waals surface area contributed by atoms with E-state index in [0.29, 0.717) is 19.3 Å². The smallest absolute Gasteiger partial charge is 0.306 e. The van der Waals surface area contributed by atoms with Crippen molar-refractivity contribution in [2.24, 2.45) is 11.8 Å². The van der Waals surface area contributed by atoms with Gasteiger partial charge in [0.05, 0.1) is 0 Å². The van der Waals surface area contributed by atoms with Crippen LogP contribution >= 0.6 is 0 Å². The molecule has 2 atom stereocenters. The molecule has 6 nitrogen and oxygen atoms in total. The largest absolute Gasteiger partial charge is 0.462 e. The van der Waals surface area contributed by atoms with Gasteiger partial charge in [0.2, 0.25) is 0 Å². The summed E-state index contributed by atoms with van der Waals surface area (Å²) >= 11 is 0. The molecule has 0 aromatic heterocycles. The lowest BCUT2D eigenvalue weighted by molar-refractivity contribution is -0.167. The maximum atomic E-state index is 12.9. The van der Waals surface area contributed by atoms with Gasteiger partial charge in [-0.2, -0.15) is 0 Å². The van der Waals surface area contributed by atoms with Gasteiger partial charge in [-0.15, -0.1) is 0 Å². The monoisotopic (exact) mass is 1000 g/mol. The summed E-state index contributed by atoms with van der Waals surface area (Å²) < 4.78 is 16.9. The predicted octanol–water partition coefficient (Wildman–Crippen LogP) is 21.6. The number of carbonyl (C=O) groups is 3. The van der Waals surface area contributed by atoms with Crippen LogP contribution in [0.5, 0.6) is 0 Å². The van der Waals surface area contributed by atoms with Crippen LogP contribution in [0.1, 0.15) is 369 Å². The van der Waals surface area contributed by atoms with Gasteiger partial charge in [-0.05, 0) is 31.1 Å². The molecule has 0 aliphatic heterocycles. The van der Waals surface area contributed by atoms with Crippen molar-refractivity contribution in [1.82, 2.24) is 0 Å². The zero-order valence-corrected chi connectivity index (χ0v) is 48.9. The van der Waals surface area contributed by atoms with Crippen LogP contribution in [-0.4, -0.2) is 37.2 Å². The molecule has 0 saturated carbocycles. The fraction of sp³-hybridized carbons (Fsp3) is 0.954. The Hall–Kier alpha value is -1.59. The van der Waals surface area contributed by atoms with Gasteiger partial charge in [-0.1, -0.05) is 330 Å². The maximum absolute atomic E-state index is 12.9. The van der Waals surface area contributed by atoms with Crippen LogP contribution in [0, 0.1) is 11.8 Å². The average Bonchev–Trinajstić information content (AvgIpc) is 3.36. The zero-order chi connectivity index (χ0) is 51.8. The Kier molecular flexibility index (Phi) is 56.4. The van der Waals surface area contributed by atoms with Crippen molar-refractivity contribution in [3.05, 3.63) is 0 Å². The van der Waals surface area contributed by atoms with Crippen LogP contribution in [0.4, 0.5) is 0 Å². The lowest BCUT2D eigenvalue weighted by atomic mass is 9.99. The zero-order valence-electron chi connectivity index (χ0n) is 48.9. The molecule has 0 N–H and O–H groups in total. The minimum absolute atomic E-state index is 0.0619. The van der Waals surface area contributed by atoms with E-state index in [1.807, 2.05) is 0 Å². The van der Waals surface area contributed by atoms with Gasteiger partial charge < -0.3 is 14.2 Å². The first-order chi connectivity index (χ1) is 34.8. The van der Waals surface area contributed by atoms with E-state index in [1.54, 1.807) is 0 Å². The average molecular weight is 1000 g/mol. The normalized spacial score (nSPS) is 12.4. The van der Waals surface area contributed by atoms with Crippen LogP contribution in [0.3, 0.4) is 0 Å². The van der Waals surface area contributed by atoms with E-state index in [2.05, 4.69) is 34.6 Å². The highest BCUT2D eigenvalue weighted by atomic mass is 16.6. The third kappa shape index (κ3) is 57.5. The van der Waals surface area contributed by atoms with Crippen molar-refractivity contribution in [2.45, 2.75) is 375 Å². The van der Waals surface area contributed by atoms with E-state index < -0.39 is 6.10 Å². The van der Waals surface area contributed by atoms with Crippen molar-refractivity contribution in [2.75, 3.05) is 13.2 Å². The van der Waals surface area contributed by atoms with Crippen LogP contribution in [0.25, 0.3) is 0 Å². The molecule has 0 aromatic rings. The van der Waals surface area contributed by atoms with Gasteiger partial charge in [0, 0.05) is 19.3 Å². The molecule has 0 aliphatic carbocycles. The van der Waals surface area contributed by atoms with Crippen molar-refractivity contribution in [3.8, 4) is 0 Å². The molecule has 0 heterocycles. The summed E-state index contributed by atoms with van der Waals surface area (Å²) in [6.45, 7) is 11.5. The molecule has 0 aliphatic rings. The SMILES string of the molecule is CCCCCCCCCCCCC(=O)OC[C@H](COC(=O)CCCCCCCCCCCCCCCCCCCCC(C)CC)OC(=O)CCCCCCCCCCCCCCCCCCCCC(C)C. The number of ether oxygens (including phenoxy) is 3. The standard InChI is InChI=1S/C65H126O6/c1-6-8-9-10-11-12-35-40-45-50-55-63(66)69-58-62(71-65(68)57-52-47-42-37-32-28-24-20-15-13-17-21-25-29-33-38-43-48-53-60(3)4)59-70-64(67)56-51-46-41-36-31-27-23-19-16-14-18-22-26-30-34-39-44-49-54-61(5)7-2/h60-62H,6-59H2,1-5H3/t61?,62-/m1/s1. The maximum Gasteiger partial charge on any atom is 0.306 e. The Morgan fingerprint density at radius 3 is 0.803 bits per heavy atom. The number of esters is 3. The van der Waals surface area contributed by atoms with E-state index in [-0.39, 0.29) is 31.1 Å². The van der Waals surface area contributed by atoms with E-state index in [1.165, 1.54) is 257 Å². The molecule has 71 heavy (non-hydrogen) atoms. The second kappa shape index (κ2) is 57.7. The van der Waals surface area contributed by atoms with E-state index in [4.69, 9.17) is 14.2 Å². The topological polar surface area (TPSA) is 78.9 Å². The Bertz CT molecular complexity index is 1090. The first-order valence-electron chi connectivity index (χ1n) is 32.3. The van der Waals surface area contributed by atoms with Crippen LogP contribution in [0.2, 0.25) is 0 Å². The molecule has 0 aromatic carbocycles. The van der Waals surface area contributed by atoms with Gasteiger partial charge >= 0.3 is 17.9 Å². The van der Waals surface area contributed by atoms with Gasteiger partial charge in [-0.25, -0.2) is 0 Å². The van der Waals surface area contributed by atoms with Crippen molar-refractivity contribution < 1.29 is 28.6 Å². The van der Waals surface area contributed by atoms with E-state index in [0.717, 1.165) is 69.6 Å². The number of unbranched alkanes of at least 4 members (excludes halogenated alkanes) is 43. The second-order valence-electron chi connectivity index (χ2n) is 23.1. The molecule has 0 saturated heterocycles. The Morgan fingerprint density at radius 2 is 0.535 bits per heavy atom. The minimum atomic E-state index is -0.763. The van der Waals surface area contributed by atoms with E-state index >= 15 is 0 Å². The highest BCUT2D eigenvalue weighted by Gasteiger charge is 2.19. The van der Waals surface area contributed by atoms with Gasteiger partial charge in [0.1, 0.15) is 13.2 Å². The first-order valence-corrected chi connectivity index (χ1v) is 32.3. The number of hydrogen-bond acceptors (Lipinski definition) is 6. The lowest BCUT2D eigenvalue weighted by Gasteiger charge is -2.18. The quantitative estimate of drug-likeness (QED) is 0.0343. The molecule has 0 rings (SSSR count). The van der Waals surface area contributed by atoms with Crippen LogP contribution in [0.15, 0.2) is 0 Å². The molecule has 0 fully saturated rings. The van der Waals surface area contributed by atoms with Gasteiger partial charge in [-0.3, -0.25) is 14.4 Å². The predicted molar refractivity (Wildman–Crippen MR) is 307 cm³/mol. The molecule has 422 valence electrons. The summed E-state index contributed by atoms with van der Waals surface area (Å²) in [7, 11) is 0. The molecule has 0 radical (unpaired) electrons.